The summed E-state index contributed by atoms with van der Waals surface area (Å²) in [6.45, 7) is 6.63. The number of hydrogen-bond donors (Lipinski definition) is 0. The van der Waals surface area contributed by atoms with Gasteiger partial charge in [-0.1, -0.05) is 23.9 Å². The summed E-state index contributed by atoms with van der Waals surface area (Å²) >= 11 is 1.38. The van der Waals surface area contributed by atoms with Crippen molar-refractivity contribution in [3.05, 3.63) is 59.2 Å². The van der Waals surface area contributed by atoms with Gasteiger partial charge in [-0.3, -0.25) is 14.6 Å². The number of pyridine rings is 1. The fourth-order valence-electron chi connectivity index (χ4n) is 4.18. The number of hydrogen-bond acceptors (Lipinski definition) is 6. The van der Waals surface area contributed by atoms with Gasteiger partial charge in [0.25, 0.3) is 5.91 Å². The Morgan fingerprint density at radius 3 is 2.50 bits per heavy atom. The van der Waals surface area contributed by atoms with Crippen LogP contribution in [-0.2, 0) is 4.79 Å². The number of aromatic nitrogens is 3. The van der Waals surface area contributed by atoms with Gasteiger partial charge in [-0.05, 0) is 51.3 Å². The Kier molecular flexibility index (Phi) is 7.19. The molecule has 2 aromatic rings. The zero-order valence-electron chi connectivity index (χ0n) is 18.7. The standard InChI is InChI=1S/C24H29N5O2S/c1-17-6-7-20(23(31)29-12-4-3-5-13-29)22(26-17)19-9-14-28(15-10-19)21(30)16-32-24-25-11-8-18(2)27-24/h3-4,6-8,11,19H,5,9-10,12-16H2,1-2H3. The van der Waals surface area contributed by atoms with Crippen LogP contribution in [0.1, 0.15) is 52.6 Å². The molecule has 168 valence electrons. The predicted molar refractivity (Wildman–Crippen MR) is 125 cm³/mol. The maximum atomic E-state index is 13.2. The highest BCUT2D eigenvalue weighted by atomic mass is 32.2. The van der Waals surface area contributed by atoms with Crippen molar-refractivity contribution < 1.29 is 9.59 Å². The lowest BCUT2D eigenvalue weighted by Crippen LogP contribution is -2.40. The quantitative estimate of drug-likeness (QED) is 0.394. The van der Waals surface area contributed by atoms with E-state index in [1.807, 2.05) is 47.9 Å². The Labute approximate surface area is 193 Å². The third kappa shape index (κ3) is 5.35. The van der Waals surface area contributed by atoms with Crippen molar-refractivity contribution in [2.75, 3.05) is 31.9 Å². The number of carbonyl (C=O) groups is 2. The molecule has 8 heteroatoms. The molecule has 1 fully saturated rings. The molecule has 0 saturated carbocycles. The first kappa shape index (κ1) is 22.5. The normalized spacial score (nSPS) is 16.9. The molecule has 2 amide bonds. The van der Waals surface area contributed by atoms with Gasteiger partial charge >= 0.3 is 0 Å². The molecule has 4 rings (SSSR count). The predicted octanol–water partition coefficient (Wildman–Crippen LogP) is 3.39. The van der Waals surface area contributed by atoms with E-state index in [-0.39, 0.29) is 17.7 Å². The van der Waals surface area contributed by atoms with Crippen molar-refractivity contribution in [3.63, 3.8) is 0 Å². The molecule has 0 aliphatic carbocycles. The molecule has 0 atom stereocenters. The van der Waals surface area contributed by atoms with Crippen LogP contribution in [0.15, 0.2) is 41.7 Å². The fourth-order valence-corrected chi connectivity index (χ4v) is 4.96. The summed E-state index contributed by atoms with van der Waals surface area (Å²) in [5.41, 5.74) is 3.41. The molecule has 1 saturated heterocycles. The molecule has 7 nitrogen and oxygen atoms in total. The summed E-state index contributed by atoms with van der Waals surface area (Å²) in [7, 11) is 0. The van der Waals surface area contributed by atoms with E-state index in [0.29, 0.717) is 36.1 Å². The van der Waals surface area contributed by atoms with Crippen molar-refractivity contribution in [2.24, 2.45) is 0 Å². The Hall–Kier alpha value is -2.74. The van der Waals surface area contributed by atoms with E-state index < -0.39 is 0 Å². The smallest absolute Gasteiger partial charge is 0.256 e. The van der Waals surface area contributed by atoms with E-state index in [4.69, 9.17) is 4.98 Å². The van der Waals surface area contributed by atoms with Gasteiger partial charge in [0.05, 0.1) is 17.0 Å². The average Bonchev–Trinajstić information content (AvgIpc) is 2.83. The molecule has 0 radical (unpaired) electrons. The van der Waals surface area contributed by atoms with E-state index in [1.54, 1.807) is 6.20 Å². The minimum Gasteiger partial charge on any atom is -0.342 e. The fraction of sp³-hybridized carbons (Fsp3) is 0.458. The van der Waals surface area contributed by atoms with Crippen LogP contribution in [-0.4, -0.2) is 68.5 Å². The molecule has 4 heterocycles. The number of likely N-dealkylation sites (tertiary alicyclic amines) is 1. The lowest BCUT2D eigenvalue weighted by molar-refractivity contribution is -0.129. The highest BCUT2D eigenvalue weighted by molar-refractivity contribution is 7.99. The van der Waals surface area contributed by atoms with E-state index in [9.17, 15) is 9.59 Å². The lowest BCUT2D eigenvalue weighted by Gasteiger charge is -2.33. The molecule has 0 spiro atoms. The number of carbonyl (C=O) groups excluding carboxylic acids is 2. The van der Waals surface area contributed by atoms with Gasteiger partial charge in [0.15, 0.2) is 5.16 Å². The van der Waals surface area contributed by atoms with E-state index in [0.717, 1.165) is 42.9 Å². The maximum Gasteiger partial charge on any atom is 0.256 e. The Morgan fingerprint density at radius 1 is 1.00 bits per heavy atom. The maximum absolute atomic E-state index is 13.2. The van der Waals surface area contributed by atoms with Crippen LogP contribution in [0.4, 0.5) is 0 Å². The number of rotatable bonds is 5. The molecule has 0 aromatic carbocycles. The van der Waals surface area contributed by atoms with Gasteiger partial charge in [-0.25, -0.2) is 9.97 Å². The summed E-state index contributed by atoms with van der Waals surface area (Å²) in [5.74, 6) is 0.686. The largest absolute Gasteiger partial charge is 0.342 e. The van der Waals surface area contributed by atoms with E-state index in [1.165, 1.54) is 11.8 Å². The molecule has 2 aromatic heterocycles. The number of thioether (sulfide) groups is 1. The molecule has 0 unspecified atom stereocenters. The van der Waals surface area contributed by atoms with Gasteiger partial charge < -0.3 is 9.80 Å². The Bertz CT molecular complexity index is 1020. The van der Waals surface area contributed by atoms with Gasteiger partial charge in [-0.2, -0.15) is 0 Å². The monoisotopic (exact) mass is 451 g/mol. The van der Waals surface area contributed by atoms with Gasteiger partial charge in [-0.15, -0.1) is 0 Å². The van der Waals surface area contributed by atoms with Gasteiger partial charge in [0, 0.05) is 49.7 Å². The minimum absolute atomic E-state index is 0.0601. The summed E-state index contributed by atoms with van der Waals surface area (Å²) in [4.78, 5) is 43.0. The SMILES string of the molecule is Cc1ccnc(SCC(=O)N2CCC(c3nc(C)ccc3C(=O)N3CC=CCC3)CC2)n1. The van der Waals surface area contributed by atoms with E-state index >= 15 is 0 Å². The van der Waals surface area contributed by atoms with Crippen LogP contribution in [0.5, 0.6) is 0 Å². The first-order valence-corrected chi connectivity index (χ1v) is 12.1. The van der Waals surface area contributed by atoms with Crippen molar-refractivity contribution in [2.45, 2.75) is 44.2 Å². The third-order valence-electron chi connectivity index (χ3n) is 5.97. The summed E-state index contributed by atoms with van der Waals surface area (Å²) < 4.78 is 0. The zero-order valence-corrected chi connectivity index (χ0v) is 19.5. The number of nitrogens with zero attached hydrogens (tertiary/aromatic N) is 5. The van der Waals surface area contributed by atoms with Crippen LogP contribution in [0.25, 0.3) is 0 Å². The van der Waals surface area contributed by atoms with Crippen molar-refractivity contribution in [1.82, 2.24) is 24.8 Å². The topological polar surface area (TPSA) is 79.3 Å². The summed E-state index contributed by atoms with van der Waals surface area (Å²) in [6.07, 6.45) is 8.41. The zero-order chi connectivity index (χ0) is 22.5. The van der Waals surface area contributed by atoms with Crippen LogP contribution >= 0.6 is 11.8 Å². The molecule has 2 aliphatic rings. The highest BCUT2D eigenvalue weighted by Crippen LogP contribution is 2.30. The van der Waals surface area contributed by atoms with Crippen LogP contribution in [0.3, 0.4) is 0 Å². The summed E-state index contributed by atoms with van der Waals surface area (Å²) in [6, 6.07) is 5.69. The molecule has 32 heavy (non-hydrogen) atoms. The second-order valence-corrected chi connectivity index (χ2v) is 9.26. The molecular formula is C24H29N5O2S. The molecule has 0 bridgehead atoms. The van der Waals surface area contributed by atoms with Crippen molar-refractivity contribution >= 4 is 23.6 Å². The van der Waals surface area contributed by atoms with Crippen LogP contribution in [0.2, 0.25) is 0 Å². The average molecular weight is 452 g/mol. The second kappa shape index (κ2) is 10.3. The van der Waals surface area contributed by atoms with Crippen molar-refractivity contribution in [1.29, 1.82) is 0 Å². The molecular weight excluding hydrogens is 422 g/mol. The third-order valence-corrected chi connectivity index (χ3v) is 6.82. The van der Waals surface area contributed by atoms with Crippen LogP contribution < -0.4 is 0 Å². The van der Waals surface area contributed by atoms with Gasteiger partial charge in [0.2, 0.25) is 5.91 Å². The number of piperidine rings is 1. The number of aryl methyl sites for hydroxylation is 2. The molecule has 2 aliphatic heterocycles. The van der Waals surface area contributed by atoms with E-state index in [2.05, 4.69) is 16.0 Å². The van der Waals surface area contributed by atoms with Gasteiger partial charge in [0.1, 0.15) is 0 Å². The highest BCUT2D eigenvalue weighted by Gasteiger charge is 2.29. The second-order valence-electron chi connectivity index (χ2n) is 8.32. The minimum atomic E-state index is 0.0601. The summed E-state index contributed by atoms with van der Waals surface area (Å²) in [5, 5.41) is 0.632. The number of amides is 2. The molecule has 0 N–H and O–H groups in total. The Balaban J connectivity index is 1.38. The van der Waals surface area contributed by atoms with Crippen LogP contribution in [0, 0.1) is 13.8 Å². The lowest BCUT2D eigenvalue weighted by atomic mass is 9.89. The Morgan fingerprint density at radius 2 is 1.78 bits per heavy atom. The first-order valence-electron chi connectivity index (χ1n) is 11.1. The van der Waals surface area contributed by atoms with Crippen molar-refractivity contribution in [3.8, 4) is 0 Å². The first-order chi connectivity index (χ1) is 15.5.